The first-order valence-electron chi connectivity index (χ1n) is 6.30. The predicted molar refractivity (Wildman–Crippen MR) is 60.6 cm³/mol. The average molecular weight is 210 g/mol. The summed E-state index contributed by atoms with van der Waals surface area (Å²) >= 11 is 0. The average Bonchev–Trinajstić information content (AvgIpc) is 2.65. The third-order valence-corrected chi connectivity index (χ3v) is 3.87. The quantitative estimate of drug-likeness (QED) is 0.740. The number of hydrogen-bond acceptors (Lipinski definition) is 2. The molecule has 1 atom stereocenters. The number of nitrogens with one attached hydrogen (secondary N) is 2. The zero-order chi connectivity index (χ0) is 10.7. The Bertz CT molecular complexity index is 222. The Morgan fingerprint density at radius 3 is 2.53 bits per heavy atom. The van der Waals surface area contributed by atoms with Crippen molar-refractivity contribution in [2.75, 3.05) is 6.54 Å². The van der Waals surface area contributed by atoms with E-state index in [2.05, 4.69) is 17.6 Å². The summed E-state index contributed by atoms with van der Waals surface area (Å²) in [7, 11) is 0. The Morgan fingerprint density at radius 1 is 1.27 bits per heavy atom. The zero-order valence-corrected chi connectivity index (χ0v) is 9.59. The van der Waals surface area contributed by atoms with Crippen molar-refractivity contribution in [3.63, 3.8) is 0 Å². The molecule has 2 fully saturated rings. The molecule has 1 heterocycles. The first-order valence-corrected chi connectivity index (χ1v) is 6.30. The molecular weight excluding hydrogens is 188 g/mol. The van der Waals surface area contributed by atoms with Gasteiger partial charge in [0.25, 0.3) is 0 Å². The summed E-state index contributed by atoms with van der Waals surface area (Å²) in [5.41, 5.74) is 0. The smallest absolute Gasteiger partial charge is 0.221 e. The topological polar surface area (TPSA) is 41.1 Å². The van der Waals surface area contributed by atoms with Gasteiger partial charge in [0, 0.05) is 25.0 Å². The molecule has 0 aromatic heterocycles. The van der Waals surface area contributed by atoms with E-state index >= 15 is 0 Å². The number of carbonyl (C=O) groups excluding carboxylic acids is 1. The van der Waals surface area contributed by atoms with Gasteiger partial charge in [0.05, 0.1) is 0 Å². The summed E-state index contributed by atoms with van der Waals surface area (Å²) < 4.78 is 0. The van der Waals surface area contributed by atoms with Crippen LogP contribution in [0.2, 0.25) is 0 Å². The highest BCUT2D eigenvalue weighted by atomic mass is 16.1. The number of carbonyl (C=O) groups is 1. The maximum Gasteiger partial charge on any atom is 0.221 e. The molecule has 0 bridgehead atoms. The van der Waals surface area contributed by atoms with Gasteiger partial charge in [0.2, 0.25) is 5.91 Å². The molecule has 1 saturated heterocycles. The van der Waals surface area contributed by atoms with Crippen LogP contribution in [-0.4, -0.2) is 24.5 Å². The second kappa shape index (κ2) is 4.97. The zero-order valence-electron chi connectivity index (χ0n) is 9.59. The third kappa shape index (κ3) is 2.94. The monoisotopic (exact) mass is 210 g/mol. The summed E-state index contributed by atoms with van der Waals surface area (Å²) in [6, 6.07) is 1.05. The molecule has 1 aliphatic carbocycles. The molecule has 0 aromatic carbocycles. The highest BCUT2D eigenvalue weighted by Gasteiger charge is 2.26. The van der Waals surface area contributed by atoms with E-state index in [0.717, 1.165) is 12.5 Å². The molecule has 1 saturated carbocycles. The van der Waals surface area contributed by atoms with Crippen molar-refractivity contribution in [1.29, 1.82) is 0 Å². The maximum absolute atomic E-state index is 11.0. The van der Waals surface area contributed by atoms with E-state index in [1.807, 2.05) is 0 Å². The van der Waals surface area contributed by atoms with Crippen LogP contribution in [0.4, 0.5) is 0 Å². The number of rotatable bonds is 3. The van der Waals surface area contributed by atoms with Crippen LogP contribution in [-0.2, 0) is 4.79 Å². The largest absolute Gasteiger partial charge is 0.354 e. The SMILES string of the molecule is CCC1CCC(NC2CNC(=O)C2)CC1. The Kier molecular flexibility index (Phi) is 3.62. The predicted octanol–water partition coefficient (Wildman–Crippen LogP) is 1.43. The second-order valence-electron chi connectivity index (χ2n) is 5.00. The Labute approximate surface area is 92.0 Å². The van der Waals surface area contributed by atoms with Crippen LogP contribution >= 0.6 is 0 Å². The minimum atomic E-state index is 0.203. The molecule has 1 amide bonds. The summed E-state index contributed by atoms with van der Waals surface area (Å²) in [4.78, 5) is 11.0. The normalized spacial score (nSPS) is 36.6. The van der Waals surface area contributed by atoms with Crippen molar-refractivity contribution in [3.05, 3.63) is 0 Å². The van der Waals surface area contributed by atoms with Crippen molar-refractivity contribution >= 4 is 5.91 Å². The Hall–Kier alpha value is -0.570. The van der Waals surface area contributed by atoms with Crippen LogP contribution in [0.25, 0.3) is 0 Å². The van der Waals surface area contributed by atoms with Gasteiger partial charge in [-0.1, -0.05) is 13.3 Å². The first kappa shape index (κ1) is 10.9. The number of hydrogen-bond donors (Lipinski definition) is 2. The molecule has 2 aliphatic rings. The van der Waals surface area contributed by atoms with Gasteiger partial charge in [-0.2, -0.15) is 0 Å². The van der Waals surface area contributed by atoms with Gasteiger partial charge >= 0.3 is 0 Å². The van der Waals surface area contributed by atoms with E-state index in [-0.39, 0.29) is 5.91 Å². The molecule has 1 unspecified atom stereocenters. The van der Waals surface area contributed by atoms with Crippen LogP contribution in [0.1, 0.15) is 45.4 Å². The minimum absolute atomic E-state index is 0.203. The Balaban J connectivity index is 1.70. The lowest BCUT2D eigenvalue weighted by molar-refractivity contribution is -0.119. The fourth-order valence-corrected chi connectivity index (χ4v) is 2.79. The molecule has 3 nitrogen and oxygen atoms in total. The fraction of sp³-hybridized carbons (Fsp3) is 0.917. The van der Waals surface area contributed by atoms with E-state index in [9.17, 15) is 4.79 Å². The fourth-order valence-electron chi connectivity index (χ4n) is 2.79. The van der Waals surface area contributed by atoms with E-state index < -0.39 is 0 Å². The Morgan fingerprint density at radius 2 is 2.00 bits per heavy atom. The van der Waals surface area contributed by atoms with Gasteiger partial charge in [0.1, 0.15) is 0 Å². The van der Waals surface area contributed by atoms with E-state index in [1.54, 1.807) is 0 Å². The van der Waals surface area contributed by atoms with Gasteiger partial charge in [-0.15, -0.1) is 0 Å². The molecule has 0 aromatic rings. The van der Waals surface area contributed by atoms with Gasteiger partial charge in [-0.25, -0.2) is 0 Å². The lowest BCUT2D eigenvalue weighted by atomic mass is 9.84. The van der Waals surface area contributed by atoms with Crippen LogP contribution in [0.15, 0.2) is 0 Å². The van der Waals surface area contributed by atoms with Crippen molar-refractivity contribution in [2.24, 2.45) is 5.92 Å². The van der Waals surface area contributed by atoms with Gasteiger partial charge < -0.3 is 10.6 Å². The van der Waals surface area contributed by atoms with Gasteiger partial charge in [-0.3, -0.25) is 4.79 Å². The first-order chi connectivity index (χ1) is 7.28. The summed E-state index contributed by atoms with van der Waals surface area (Å²) in [6.07, 6.45) is 7.32. The molecular formula is C12H22N2O. The molecule has 3 heteroatoms. The van der Waals surface area contributed by atoms with Crippen LogP contribution < -0.4 is 10.6 Å². The molecule has 86 valence electrons. The van der Waals surface area contributed by atoms with E-state index in [4.69, 9.17) is 0 Å². The molecule has 15 heavy (non-hydrogen) atoms. The lowest BCUT2D eigenvalue weighted by Gasteiger charge is -2.30. The van der Waals surface area contributed by atoms with Crippen LogP contribution in [0.3, 0.4) is 0 Å². The summed E-state index contributed by atoms with van der Waals surface area (Å²) in [6.45, 7) is 3.12. The molecule has 1 aliphatic heterocycles. The van der Waals surface area contributed by atoms with Crippen molar-refractivity contribution in [3.8, 4) is 0 Å². The van der Waals surface area contributed by atoms with Crippen molar-refractivity contribution in [2.45, 2.75) is 57.5 Å². The van der Waals surface area contributed by atoms with E-state index in [0.29, 0.717) is 18.5 Å². The van der Waals surface area contributed by atoms with Crippen LogP contribution in [0.5, 0.6) is 0 Å². The highest BCUT2D eigenvalue weighted by molar-refractivity contribution is 5.78. The molecule has 2 rings (SSSR count). The molecule has 0 radical (unpaired) electrons. The molecule has 0 spiro atoms. The highest BCUT2D eigenvalue weighted by Crippen LogP contribution is 2.26. The second-order valence-corrected chi connectivity index (χ2v) is 5.00. The maximum atomic E-state index is 11.0. The lowest BCUT2D eigenvalue weighted by Crippen LogP contribution is -2.41. The number of amides is 1. The molecule has 2 N–H and O–H groups in total. The minimum Gasteiger partial charge on any atom is -0.354 e. The van der Waals surface area contributed by atoms with Gasteiger partial charge in [-0.05, 0) is 31.6 Å². The van der Waals surface area contributed by atoms with Gasteiger partial charge in [0.15, 0.2) is 0 Å². The van der Waals surface area contributed by atoms with Crippen molar-refractivity contribution < 1.29 is 4.79 Å². The van der Waals surface area contributed by atoms with Crippen molar-refractivity contribution in [1.82, 2.24) is 10.6 Å². The third-order valence-electron chi connectivity index (χ3n) is 3.87. The standard InChI is InChI=1S/C12H22N2O/c1-2-9-3-5-10(6-4-9)14-11-7-12(15)13-8-11/h9-11,14H,2-8H2,1H3,(H,13,15). The summed E-state index contributed by atoms with van der Waals surface area (Å²) in [5, 5.41) is 6.49. The van der Waals surface area contributed by atoms with Crippen LogP contribution in [0, 0.1) is 5.92 Å². The van der Waals surface area contributed by atoms with E-state index in [1.165, 1.54) is 32.1 Å². The summed E-state index contributed by atoms with van der Waals surface area (Å²) in [5.74, 6) is 1.15.